The molecule has 1 unspecified atom stereocenters. The molecule has 0 heterocycles. The van der Waals surface area contributed by atoms with E-state index in [-0.39, 0.29) is 31.1 Å². The summed E-state index contributed by atoms with van der Waals surface area (Å²) in [5, 5.41) is 0. The first-order chi connectivity index (χ1) is 32.5. The number of esters is 3. The van der Waals surface area contributed by atoms with Crippen LogP contribution in [0.1, 0.15) is 348 Å². The Morgan fingerprint density at radius 1 is 0.242 bits per heavy atom. The van der Waals surface area contributed by atoms with Crippen LogP contribution in [0.2, 0.25) is 0 Å². The topological polar surface area (TPSA) is 78.9 Å². The average molecular weight is 934 g/mol. The molecule has 1 atom stereocenters. The largest absolute Gasteiger partial charge is 0.462 e. The van der Waals surface area contributed by atoms with E-state index in [1.807, 2.05) is 0 Å². The van der Waals surface area contributed by atoms with Crippen molar-refractivity contribution in [2.45, 2.75) is 354 Å². The summed E-state index contributed by atoms with van der Waals surface area (Å²) in [6, 6.07) is 0. The smallest absolute Gasteiger partial charge is 0.306 e. The van der Waals surface area contributed by atoms with Crippen molar-refractivity contribution in [2.75, 3.05) is 13.2 Å². The van der Waals surface area contributed by atoms with Gasteiger partial charge in [0.05, 0.1) is 0 Å². The van der Waals surface area contributed by atoms with Crippen LogP contribution in [0, 0.1) is 0 Å². The fourth-order valence-corrected chi connectivity index (χ4v) is 9.33. The summed E-state index contributed by atoms with van der Waals surface area (Å²) in [5.41, 5.74) is 0. The van der Waals surface area contributed by atoms with Crippen molar-refractivity contribution >= 4 is 17.9 Å². The SMILES string of the molecule is CCCCCCCCCCCCCCCCCCCCCCCCC(=O)OCC(COC(=O)CCCCCCCCCCC)OC(=O)CCCCCCCCCCCCCCCCCCC. The monoisotopic (exact) mass is 933 g/mol. The summed E-state index contributed by atoms with van der Waals surface area (Å²) in [4.78, 5) is 38.1. The molecule has 0 saturated heterocycles. The molecule has 0 aliphatic rings. The summed E-state index contributed by atoms with van der Waals surface area (Å²) >= 11 is 0. The average Bonchev–Trinajstić information content (AvgIpc) is 3.31. The van der Waals surface area contributed by atoms with Gasteiger partial charge >= 0.3 is 17.9 Å². The van der Waals surface area contributed by atoms with E-state index in [4.69, 9.17) is 14.2 Å². The van der Waals surface area contributed by atoms with Crippen LogP contribution in [0.4, 0.5) is 0 Å². The van der Waals surface area contributed by atoms with Gasteiger partial charge in [-0.05, 0) is 19.3 Å². The van der Waals surface area contributed by atoms with Gasteiger partial charge in [0.2, 0.25) is 0 Å². The number of ether oxygens (including phenoxy) is 3. The van der Waals surface area contributed by atoms with Crippen molar-refractivity contribution < 1.29 is 28.6 Å². The van der Waals surface area contributed by atoms with Crippen LogP contribution in [0.3, 0.4) is 0 Å². The maximum atomic E-state index is 12.8. The van der Waals surface area contributed by atoms with Gasteiger partial charge in [-0.25, -0.2) is 0 Å². The zero-order valence-corrected chi connectivity index (χ0v) is 45.0. The highest BCUT2D eigenvalue weighted by atomic mass is 16.6. The predicted molar refractivity (Wildman–Crippen MR) is 284 cm³/mol. The molecule has 0 aromatic carbocycles. The number of hydrogen-bond donors (Lipinski definition) is 0. The Bertz CT molecular complexity index is 982. The molecule has 0 aliphatic carbocycles. The minimum Gasteiger partial charge on any atom is -0.462 e. The van der Waals surface area contributed by atoms with E-state index in [2.05, 4.69) is 20.8 Å². The lowest BCUT2D eigenvalue weighted by atomic mass is 10.0. The summed E-state index contributed by atoms with van der Waals surface area (Å²) in [7, 11) is 0. The van der Waals surface area contributed by atoms with E-state index < -0.39 is 6.10 Å². The Kier molecular flexibility index (Phi) is 54.7. The van der Waals surface area contributed by atoms with E-state index in [1.54, 1.807) is 0 Å². The molecule has 0 aromatic rings. The lowest BCUT2D eigenvalue weighted by Crippen LogP contribution is -2.30. The maximum Gasteiger partial charge on any atom is 0.306 e. The third-order valence-electron chi connectivity index (χ3n) is 13.9. The Balaban J connectivity index is 4.15. The van der Waals surface area contributed by atoms with Gasteiger partial charge in [-0.1, -0.05) is 310 Å². The maximum absolute atomic E-state index is 12.8. The van der Waals surface area contributed by atoms with Crippen LogP contribution in [0.15, 0.2) is 0 Å². The summed E-state index contributed by atoms with van der Waals surface area (Å²) < 4.78 is 16.9. The second-order valence-corrected chi connectivity index (χ2v) is 20.6. The Morgan fingerprint density at radius 3 is 0.606 bits per heavy atom. The summed E-state index contributed by atoms with van der Waals surface area (Å²) in [6.07, 6.45) is 62.6. The molecule has 6 heteroatoms. The Morgan fingerprint density at radius 2 is 0.409 bits per heavy atom. The molecule has 392 valence electrons. The number of carbonyl (C=O) groups excluding carboxylic acids is 3. The minimum absolute atomic E-state index is 0.0613. The van der Waals surface area contributed by atoms with Gasteiger partial charge in [-0.15, -0.1) is 0 Å². The molecular formula is C60H116O6. The van der Waals surface area contributed by atoms with Crippen LogP contribution in [0.25, 0.3) is 0 Å². The summed E-state index contributed by atoms with van der Waals surface area (Å²) in [5.74, 6) is -0.835. The zero-order valence-electron chi connectivity index (χ0n) is 45.0. The molecule has 0 N–H and O–H groups in total. The second-order valence-electron chi connectivity index (χ2n) is 20.6. The number of rotatable bonds is 56. The first-order valence-corrected chi connectivity index (χ1v) is 30.0. The summed E-state index contributed by atoms with van der Waals surface area (Å²) in [6.45, 7) is 6.69. The molecule has 0 spiro atoms. The van der Waals surface area contributed by atoms with Gasteiger partial charge in [0, 0.05) is 19.3 Å². The predicted octanol–water partition coefficient (Wildman–Crippen LogP) is 19.9. The minimum atomic E-state index is -0.760. The van der Waals surface area contributed by atoms with Crippen molar-refractivity contribution in [3.63, 3.8) is 0 Å². The normalized spacial score (nSPS) is 11.9. The van der Waals surface area contributed by atoms with Crippen molar-refractivity contribution in [1.29, 1.82) is 0 Å². The molecule has 0 aliphatic heterocycles. The molecule has 0 fully saturated rings. The van der Waals surface area contributed by atoms with Crippen LogP contribution >= 0.6 is 0 Å². The molecule has 0 saturated carbocycles. The lowest BCUT2D eigenvalue weighted by Gasteiger charge is -2.18. The van der Waals surface area contributed by atoms with Gasteiger partial charge in [-0.2, -0.15) is 0 Å². The van der Waals surface area contributed by atoms with Gasteiger partial charge in [0.1, 0.15) is 13.2 Å². The van der Waals surface area contributed by atoms with Crippen LogP contribution in [0.5, 0.6) is 0 Å². The molecule has 6 nitrogen and oxygen atoms in total. The highest BCUT2D eigenvalue weighted by molar-refractivity contribution is 5.71. The van der Waals surface area contributed by atoms with Gasteiger partial charge < -0.3 is 14.2 Å². The van der Waals surface area contributed by atoms with Crippen molar-refractivity contribution in [3.8, 4) is 0 Å². The van der Waals surface area contributed by atoms with E-state index in [0.29, 0.717) is 19.3 Å². The fraction of sp³-hybridized carbons (Fsp3) is 0.950. The van der Waals surface area contributed by atoms with E-state index in [9.17, 15) is 14.4 Å². The third kappa shape index (κ3) is 53.4. The number of carbonyl (C=O) groups is 3. The van der Waals surface area contributed by atoms with Gasteiger partial charge in [0.15, 0.2) is 6.10 Å². The molecule has 0 amide bonds. The molecule has 0 radical (unpaired) electrons. The van der Waals surface area contributed by atoms with Crippen LogP contribution in [-0.4, -0.2) is 37.2 Å². The van der Waals surface area contributed by atoms with Crippen LogP contribution < -0.4 is 0 Å². The molecular weight excluding hydrogens is 817 g/mol. The van der Waals surface area contributed by atoms with E-state index in [1.165, 1.54) is 250 Å². The van der Waals surface area contributed by atoms with E-state index >= 15 is 0 Å². The molecule has 0 rings (SSSR count). The van der Waals surface area contributed by atoms with Crippen molar-refractivity contribution in [1.82, 2.24) is 0 Å². The van der Waals surface area contributed by atoms with Crippen molar-refractivity contribution in [2.24, 2.45) is 0 Å². The Hall–Kier alpha value is -1.59. The van der Waals surface area contributed by atoms with Gasteiger partial charge in [0.25, 0.3) is 0 Å². The highest BCUT2D eigenvalue weighted by Crippen LogP contribution is 2.18. The number of hydrogen-bond acceptors (Lipinski definition) is 6. The quantitative estimate of drug-likeness (QED) is 0.0343. The van der Waals surface area contributed by atoms with E-state index in [0.717, 1.165) is 57.8 Å². The molecule has 0 bridgehead atoms. The first-order valence-electron chi connectivity index (χ1n) is 30.0. The molecule has 0 aromatic heterocycles. The zero-order chi connectivity index (χ0) is 47.9. The van der Waals surface area contributed by atoms with Crippen molar-refractivity contribution in [3.05, 3.63) is 0 Å². The lowest BCUT2D eigenvalue weighted by molar-refractivity contribution is -0.167. The van der Waals surface area contributed by atoms with Crippen LogP contribution in [-0.2, 0) is 28.6 Å². The second kappa shape index (κ2) is 56.0. The first kappa shape index (κ1) is 64.4. The highest BCUT2D eigenvalue weighted by Gasteiger charge is 2.19. The fourth-order valence-electron chi connectivity index (χ4n) is 9.33. The molecule has 66 heavy (non-hydrogen) atoms. The standard InChI is InChI=1S/C60H116O6/c1-4-7-10-13-16-19-21-23-25-27-28-29-30-31-33-34-36-38-41-44-47-50-53-59(62)65-56-57(55-64-58(61)52-49-46-43-40-18-15-12-9-6-3)66-60(63)54-51-48-45-42-39-37-35-32-26-24-22-20-17-14-11-8-5-2/h57H,4-56H2,1-3H3. The third-order valence-corrected chi connectivity index (χ3v) is 13.9. The van der Waals surface area contributed by atoms with Gasteiger partial charge in [-0.3, -0.25) is 14.4 Å². The Labute approximate surface area is 412 Å². The number of unbranched alkanes of at least 4 members (excludes halogenated alkanes) is 45.